The maximum absolute atomic E-state index is 11.7. The number of rotatable bonds is 0. The lowest BCUT2D eigenvalue weighted by Crippen LogP contribution is -2.19. The largest absolute Gasteiger partial charge is 0.315 e. The fourth-order valence-corrected chi connectivity index (χ4v) is 1.62. The van der Waals surface area contributed by atoms with Gasteiger partial charge < -0.3 is 4.40 Å². The van der Waals surface area contributed by atoms with E-state index in [0.717, 1.165) is 5.82 Å². The minimum absolute atomic E-state index is 0.0278. The maximum atomic E-state index is 11.7. The summed E-state index contributed by atoms with van der Waals surface area (Å²) in [6.45, 7) is 0.593. The molecule has 3 rings (SSSR count). The van der Waals surface area contributed by atoms with E-state index in [1.807, 2.05) is 24.5 Å². The van der Waals surface area contributed by atoms with E-state index in [1.165, 1.54) is 0 Å². The monoisotopic (exact) mass is 173 g/mol. The summed E-state index contributed by atoms with van der Waals surface area (Å²) in [6, 6.07) is 3.67. The molecule has 0 aromatic carbocycles. The molecule has 0 unspecified atom stereocenters. The normalized spacial score (nSPS) is 13.8. The summed E-state index contributed by atoms with van der Waals surface area (Å²) in [5.41, 5.74) is 0.731. The second-order valence-electron chi connectivity index (χ2n) is 3.02. The van der Waals surface area contributed by atoms with E-state index >= 15 is 0 Å². The molecule has 0 saturated carbocycles. The fourth-order valence-electron chi connectivity index (χ4n) is 1.62. The Bertz CT molecular complexity index is 562. The Balaban J connectivity index is 2.57. The molecular formula is C9H7N3O. The Morgan fingerprint density at radius 1 is 1.46 bits per heavy atom. The molecule has 0 fully saturated rings. The number of hydrogen-bond acceptors (Lipinski definition) is 2. The van der Waals surface area contributed by atoms with E-state index in [1.54, 1.807) is 15.2 Å². The van der Waals surface area contributed by atoms with Crippen molar-refractivity contribution in [3.63, 3.8) is 0 Å². The number of aromatic nitrogens is 2. The fraction of sp³-hybridized carbons (Fsp3) is 0.111. The average Bonchev–Trinajstić information content (AvgIpc) is 2.71. The molecule has 3 heterocycles. The molecule has 0 radical (unpaired) electrons. The van der Waals surface area contributed by atoms with Gasteiger partial charge in [0.2, 0.25) is 0 Å². The van der Waals surface area contributed by atoms with Gasteiger partial charge in [-0.15, -0.1) is 0 Å². The van der Waals surface area contributed by atoms with Gasteiger partial charge in [-0.1, -0.05) is 0 Å². The molecule has 0 atom stereocenters. The summed E-state index contributed by atoms with van der Waals surface area (Å²) in [6.07, 6.45) is 5.46. The SMILES string of the molecule is O=c1c2cccn2cc2n1CC=N2. The first-order chi connectivity index (χ1) is 6.36. The second-order valence-corrected chi connectivity index (χ2v) is 3.02. The molecule has 64 valence electrons. The van der Waals surface area contributed by atoms with Crippen molar-refractivity contribution in [2.24, 2.45) is 4.99 Å². The summed E-state index contributed by atoms with van der Waals surface area (Å²) in [4.78, 5) is 15.9. The van der Waals surface area contributed by atoms with Gasteiger partial charge in [-0.05, 0) is 12.1 Å². The maximum Gasteiger partial charge on any atom is 0.276 e. The van der Waals surface area contributed by atoms with Crippen molar-refractivity contribution in [2.45, 2.75) is 6.54 Å². The van der Waals surface area contributed by atoms with Crippen molar-refractivity contribution in [1.29, 1.82) is 0 Å². The summed E-state index contributed by atoms with van der Waals surface area (Å²) in [5.74, 6) is 0.730. The minimum Gasteiger partial charge on any atom is -0.315 e. The van der Waals surface area contributed by atoms with Crippen LogP contribution >= 0.6 is 0 Å². The Hall–Kier alpha value is -1.84. The highest BCUT2D eigenvalue weighted by Gasteiger charge is 2.10. The lowest BCUT2D eigenvalue weighted by Gasteiger charge is -2.01. The van der Waals surface area contributed by atoms with Gasteiger partial charge in [-0.25, -0.2) is 4.99 Å². The topological polar surface area (TPSA) is 38.8 Å². The summed E-state index contributed by atoms with van der Waals surface area (Å²) >= 11 is 0. The van der Waals surface area contributed by atoms with Gasteiger partial charge in [0, 0.05) is 12.4 Å². The lowest BCUT2D eigenvalue weighted by atomic mass is 10.5. The molecule has 0 aliphatic carbocycles. The minimum atomic E-state index is 0.0278. The van der Waals surface area contributed by atoms with Gasteiger partial charge in [0.15, 0.2) is 5.82 Å². The van der Waals surface area contributed by atoms with Gasteiger partial charge in [0.1, 0.15) is 5.52 Å². The van der Waals surface area contributed by atoms with Crippen LogP contribution in [0.3, 0.4) is 0 Å². The van der Waals surface area contributed by atoms with Crippen LogP contribution in [0.1, 0.15) is 0 Å². The highest BCUT2D eigenvalue weighted by atomic mass is 16.1. The zero-order chi connectivity index (χ0) is 8.84. The Kier molecular flexibility index (Phi) is 1.07. The second kappa shape index (κ2) is 2.10. The van der Waals surface area contributed by atoms with Crippen LogP contribution in [0.25, 0.3) is 5.52 Å². The Labute approximate surface area is 73.8 Å². The third-order valence-electron chi connectivity index (χ3n) is 2.26. The van der Waals surface area contributed by atoms with E-state index in [0.29, 0.717) is 12.1 Å². The number of aliphatic imine (C=N–C) groups is 1. The molecule has 4 heteroatoms. The first-order valence-corrected chi connectivity index (χ1v) is 4.09. The number of fused-ring (bicyclic) bond motifs is 2. The lowest BCUT2D eigenvalue weighted by molar-refractivity contribution is 0.838. The van der Waals surface area contributed by atoms with E-state index in [9.17, 15) is 4.79 Å². The Morgan fingerprint density at radius 3 is 3.31 bits per heavy atom. The molecule has 0 spiro atoms. The van der Waals surface area contributed by atoms with E-state index in [4.69, 9.17) is 0 Å². The van der Waals surface area contributed by atoms with Crippen LogP contribution in [-0.2, 0) is 6.54 Å². The first-order valence-electron chi connectivity index (χ1n) is 4.09. The predicted molar refractivity (Wildman–Crippen MR) is 49.8 cm³/mol. The molecule has 0 amide bonds. The van der Waals surface area contributed by atoms with Crippen LogP contribution in [0.2, 0.25) is 0 Å². The predicted octanol–water partition coefficient (Wildman–Crippen LogP) is 0.817. The number of hydrogen-bond donors (Lipinski definition) is 0. The smallest absolute Gasteiger partial charge is 0.276 e. The molecule has 0 N–H and O–H groups in total. The van der Waals surface area contributed by atoms with Crippen LogP contribution in [-0.4, -0.2) is 15.2 Å². The summed E-state index contributed by atoms with van der Waals surface area (Å²) < 4.78 is 3.46. The number of nitrogens with zero attached hydrogens (tertiary/aromatic N) is 3. The molecule has 2 aromatic rings. The van der Waals surface area contributed by atoms with E-state index in [2.05, 4.69) is 4.99 Å². The molecule has 4 nitrogen and oxygen atoms in total. The standard InChI is InChI=1S/C9H7N3O/c13-9-7-2-1-4-11(7)6-8-10-3-5-12(8)9/h1-4,6H,5H2. The third kappa shape index (κ3) is 0.744. The summed E-state index contributed by atoms with van der Waals surface area (Å²) in [7, 11) is 0. The summed E-state index contributed by atoms with van der Waals surface area (Å²) in [5, 5.41) is 0. The molecule has 0 bridgehead atoms. The average molecular weight is 173 g/mol. The van der Waals surface area contributed by atoms with Gasteiger partial charge >= 0.3 is 0 Å². The highest BCUT2D eigenvalue weighted by Crippen LogP contribution is 2.14. The van der Waals surface area contributed by atoms with Crippen molar-refractivity contribution in [2.75, 3.05) is 0 Å². The quantitative estimate of drug-likeness (QED) is 0.581. The first kappa shape index (κ1) is 6.65. The van der Waals surface area contributed by atoms with E-state index in [-0.39, 0.29) is 5.56 Å². The molecule has 13 heavy (non-hydrogen) atoms. The van der Waals surface area contributed by atoms with Crippen LogP contribution in [0.5, 0.6) is 0 Å². The van der Waals surface area contributed by atoms with Gasteiger partial charge in [0.25, 0.3) is 5.56 Å². The van der Waals surface area contributed by atoms with Crippen molar-refractivity contribution in [1.82, 2.24) is 8.97 Å². The van der Waals surface area contributed by atoms with Gasteiger partial charge in [0.05, 0.1) is 12.7 Å². The van der Waals surface area contributed by atoms with Crippen molar-refractivity contribution >= 4 is 17.5 Å². The molecule has 0 saturated heterocycles. The zero-order valence-corrected chi connectivity index (χ0v) is 6.84. The highest BCUT2D eigenvalue weighted by molar-refractivity contribution is 5.67. The van der Waals surface area contributed by atoms with Crippen LogP contribution in [0.15, 0.2) is 34.3 Å². The van der Waals surface area contributed by atoms with Crippen molar-refractivity contribution in [3.05, 3.63) is 34.9 Å². The van der Waals surface area contributed by atoms with Gasteiger partial charge in [-0.2, -0.15) is 0 Å². The molecule has 2 aromatic heterocycles. The molecule has 1 aliphatic heterocycles. The van der Waals surface area contributed by atoms with Crippen LogP contribution in [0.4, 0.5) is 5.82 Å². The van der Waals surface area contributed by atoms with Gasteiger partial charge in [-0.3, -0.25) is 9.36 Å². The Morgan fingerprint density at radius 2 is 2.38 bits per heavy atom. The van der Waals surface area contributed by atoms with Crippen molar-refractivity contribution in [3.8, 4) is 0 Å². The van der Waals surface area contributed by atoms with Crippen LogP contribution in [0, 0.1) is 0 Å². The van der Waals surface area contributed by atoms with Crippen LogP contribution < -0.4 is 5.56 Å². The molecule has 1 aliphatic rings. The van der Waals surface area contributed by atoms with E-state index < -0.39 is 0 Å². The van der Waals surface area contributed by atoms with Crippen molar-refractivity contribution < 1.29 is 0 Å². The zero-order valence-electron chi connectivity index (χ0n) is 6.84. The third-order valence-corrected chi connectivity index (χ3v) is 2.26. The molecular weight excluding hydrogens is 166 g/mol.